The molecule has 0 saturated carbocycles. The monoisotopic (exact) mass is 280 g/mol. The first kappa shape index (κ1) is 16.3. The quantitative estimate of drug-likeness (QED) is 0.758. The van der Waals surface area contributed by atoms with Crippen LogP contribution in [-0.2, 0) is 4.79 Å². The Bertz CT molecular complexity index is 421. The lowest BCUT2D eigenvalue weighted by Gasteiger charge is -2.19. The molecule has 0 spiro atoms. The summed E-state index contributed by atoms with van der Waals surface area (Å²) in [7, 11) is 1.56. The number of carbonyl (C=O) groups is 1. The van der Waals surface area contributed by atoms with E-state index in [2.05, 4.69) is 19.2 Å². The van der Waals surface area contributed by atoms with E-state index in [1.807, 2.05) is 12.1 Å². The zero-order chi connectivity index (χ0) is 15.0. The zero-order valence-electron chi connectivity index (χ0n) is 12.4. The maximum Gasteiger partial charge on any atom is 0.258 e. The molecule has 20 heavy (non-hydrogen) atoms. The van der Waals surface area contributed by atoms with Crippen LogP contribution in [0.5, 0.6) is 11.5 Å². The Balaban J connectivity index is 2.46. The molecule has 5 nitrogen and oxygen atoms in total. The summed E-state index contributed by atoms with van der Waals surface area (Å²) in [6.45, 7) is 4.58. The van der Waals surface area contributed by atoms with Crippen molar-refractivity contribution in [1.29, 1.82) is 0 Å². The van der Waals surface area contributed by atoms with Crippen molar-refractivity contribution in [3.8, 4) is 11.5 Å². The number of amides is 1. The summed E-state index contributed by atoms with van der Waals surface area (Å²) >= 11 is 0. The van der Waals surface area contributed by atoms with Crippen LogP contribution in [0.2, 0.25) is 0 Å². The number of methoxy groups -OCH3 is 1. The topological polar surface area (TPSA) is 73.6 Å². The molecular formula is C15H24N2O3. The lowest BCUT2D eigenvalue weighted by Crippen LogP contribution is -2.43. The molecule has 0 aromatic heterocycles. The molecule has 3 N–H and O–H groups in total. The van der Waals surface area contributed by atoms with Gasteiger partial charge in [0, 0.05) is 12.6 Å². The molecular weight excluding hydrogens is 256 g/mol. The van der Waals surface area contributed by atoms with Gasteiger partial charge in [-0.15, -0.1) is 0 Å². The fourth-order valence-electron chi connectivity index (χ4n) is 1.93. The van der Waals surface area contributed by atoms with Crippen molar-refractivity contribution in [3.63, 3.8) is 0 Å². The first-order chi connectivity index (χ1) is 9.56. The number of hydrogen-bond donors (Lipinski definition) is 2. The lowest BCUT2D eigenvalue weighted by molar-refractivity contribution is -0.123. The fraction of sp³-hybridized carbons (Fsp3) is 0.533. The van der Waals surface area contributed by atoms with E-state index in [9.17, 15) is 4.79 Å². The molecule has 112 valence electrons. The second kappa shape index (κ2) is 8.43. The van der Waals surface area contributed by atoms with Gasteiger partial charge in [0.1, 0.15) is 0 Å². The molecule has 5 heteroatoms. The molecule has 0 radical (unpaired) electrons. The predicted molar refractivity (Wildman–Crippen MR) is 78.9 cm³/mol. The average Bonchev–Trinajstić information content (AvgIpc) is 2.44. The van der Waals surface area contributed by atoms with E-state index in [-0.39, 0.29) is 18.6 Å². The summed E-state index contributed by atoms with van der Waals surface area (Å²) in [5.41, 5.74) is 5.65. The van der Waals surface area contributed by atoms with Gasteiger partial charge in [0.15, 0.2) is 18.1 Å². The predicted octanol–water partition coefficient (Wildman–Crippen LogP) is 1.56. The summed E-state index contributed by atoms with van der Waals surface area (Å²) in [6.07, 6.45) is 0.858. The number of hydrogen-bond acceptors (Lipinski definition) is 4. The molecule has 1 atom stereocenters. The molecule has 0 fully saturated rings. The van der Waals surface area contributed by atoms with Crippen LogP contribution < -0.4 is 20.5 Å². The van der Waals surface area contributed by atoms with Crippen molar-refractivity contribution in [2.45, 2.75) is 26.3 Å². The Labute approximate surface area is 120 Å². The van der Waals surface area contributed by atoms with Gasteiger partial charge in [0.25, 0.3) is 5.91 Å². The number of rotatable bonds is 8. The summed E-state index contributed by atoms with van der Waals surface area (Å²) in [5, 5.41) is 2.88. The highest BCUT2D eigenvalue weighted by Gasteiger charge is 2.13. The molecule has 1 amide bonds. The number of para-hydroxylation sites is 2. The largest absolute Gasteiger partial charge is 0.493 e. The van der Waals surface area contributed by atoms with Gasteiger partial charge in [-0.2, -0.15) is 0 Å². The van der Waals surface area contributed by atoms with Crippen LogP contribution >= 0.6 is 0 Å². The lowest BCUT2D eigenvalue weighted by atomic mass is 10.0. The number of ether oxygens (including phenoxy) is 2. The smallest absolute Gasteiger partial charge is 0.258 e. The Hall–Kier alpha value is -1.75. The van der Waals surface area contributed by atoms with Crippen LogP contribution in [0.4, 0.5) is 0 Å². The third-order valence-electron chi connectivity index (χ3n) is 2.83. The van der Waals surface area contributed by atoms with E-state index in [4.69, 9.17) is 15.2 Å². The summed E-state index contributed by atoms with van der Waals surface area (Å²) in [6, 6.07) is 7.22. The van der Waals surface area contributed by atoms with Crippen LogP contribution in [0.15, 0.2) is 24.3 Å². The third-order valence-corrected chi connectivity index (χ3v) is 2.83. The van der Waals surface area contributed by atoms with Gasteiger partial charge in [-0.3, -0.25) is 4.79 Å². The Morgan fingerprint density at radius 3 is 2.50 bits per heavy atom. The van der Waals surface area contributed by atoms with Crippen molar-refractivity contribution in [3.05, 3.63) is 24.3 Å². The molecule has 1 aromatic rings. The minimum Gasteiger partial charge on any atom is -0.493 e. The van der Waals surface area contributed by atoms with Crippen LogP contribution in [0.25, 0.3) is 0 Å². The Kier molecular flexibility index (Phi) is 6.87. The number of nitrogens with two attached hydrogens (primary N) is 1. The van der Waals surface area contributed by atoms with Crippen molar-refractivity contribution < 1.29 is 14.3 Å². The second-order valence-electron chi connectivity index (χ2n) is 5.07. The number of carbonyl (C=O) groups excluding carboxylic acids is 1. The fourth-order valence-corrected chi connectivity index (χ4v) is 1.93. The van der Waals surface area contributed by atoms with Crippen molar-refractivity contribution in [2.75, 3.05) is 20.3 Å². The summed E-state index contributed by atoms with van der Waals surface area (Å²) in [5.74, 6) is 1.47. The first-order valence-electron chi connectivity index (χ1n) is 6.82. The molecule has 0 bridgehead atoms. The highest BCUT2D eigenvalue weighted by molar-refractivity contribution is 5.78. The van der Waals surface area contributed by atoms with Gasteiger partial charge in [-0.05, 0) is 24.5 Å². The van der Waals surface area contributed by atoms with Crippen LogP contribution in [0.3, 0.4) is 0 Å². The maximum atomic E-state index is 11.8. The normalized spacial score (nSPS) is 12.1. The van der Waals surface area contributed by atoms with Gasteiger partial charge in [-0.1, -0.05) is 26.0 Å². The van der Waals surface area contributed by atoms with E-state index >= 15 is 0 Å². The van der Waals surface area contributed by atoms with E-state index in [0.29, 0.717) is 24.0 Å². The molecule has 0 aliphatic heterocycles. The molecule has 0 aliphatic rings. The highest BCUT2D eigenvalue weighted by Crippen LogP contribution is 2.25. The van der Waals surface area contributed by atoms with Gasteiger partial charge in [-0.25, -0.2) is 0 Å². The molecule has 0 saturated heterocycles. The average molecular weight is 280 g/mol. The van der Waals surface area contributed by atoms with Gasteiger partial charge >= 0.3 is 0 Å². The SMILES string of the molecule is COc1ccccc1OCC(=O)NC(CN)CC(C)C. The van der Waals surface area contributed by atoms with Crippen LogP contribution in [-0.4, -0.2) is 32.2 Å². The number of benzene rings is 1. The van der Waals surface area contributed by atoms with Crippen molar-refractivity contribution in [2.24, 2.45) is 11.7 Å². The van der Waals surface area contributed by atoms with Crippen molar-refractivity contribution >= 4 is 5.91 Å². The maximum absolute atomic E-state index is 11.8. The molecule has 1 unspecified atom stereocenters. The summed E-state index contributed by atoms with van der Waals surface area (Å²) in [4.78, 5) is 11.8. The minimum absolute atomic E-state index is 0.0104. The van der Waals surface area contributed by atoms with Gasteiger partial charge in [0.2, 0.25) is 0 Å². The molecule has 0 aliphatic carbocycles. The van der Waals surface area contributed by atoms with E-state index in [1.165, 1.54) is 0 Å². The van der Waals surface area contributed by atoms with Crippen LogP contribution in [0, 0.1) is 5.92 Å². The first-order valence-corrected chi connectivity index (χ1v) is 6.82. The highest BCUT2D eigenvalue weighted by atomic mass is 16.5. The van der Waals surface area contributed by atoms with E-state index in [1.54, 1.807) is 19.2 Å². The second-order valence-corrected chi connectivity index (χ2v) is 5.07. The Morgan fingerprint density at radius 1 is 1.30 bits per heavy atom. The van der Waals surface area contributed by atoms with E-state index < -0.39 is 0 Å². The summed E-state index contributed by atoms with van der Waals surface area (Å²) < 4.78 is 10.6. The molecule has 0 heterocycles. The van der Waals surface area contributed by atoms with Gasteiger partial charge in [0.05, 0.1) is 7.11 Å². The zero-order valence-corrected chi connectivity index (χ0v) is 12.4. The Morgan fingerprint density at radius 2 is 1.95 bits per heavy atom. The van der Waals surface area contributed by atoms with E-state index in [0.717, 1.165) is 6.42 Å². The van der Waals surface area contributed by atoms with Gasteiger partial charge < -0.3 is 20.5 Å². The third kappa shape index (κ3) is 5.48. The number of nitrogens with one attached hydrogen (secondary N) is 1. The minimum atomic E-state index is -0.174. The molecule has 1 aromatic carbocycles. The molecule has 1 rings (SSSR count). The van der Waals surface area contributed by atoms with Crippen molar-refractivity contribution in [1.82, 2.24) is 5.32 Å². The standard InChI is InChI=1S/C15H24N2O3/c1-11(2)8-12(9-16)17-15(18)10-20-14-7-5-4-6-13(14)19-3/h4-7,11-12H,8-10,16H2,1-3H3,(H,17,18). The van der Waals surface area contributed by atoms with Crippen LogP contribution in [0.1, 0.15) is 20.3 Å².